The molecule has 2 aliphatic carbocycles. The highest BCUT2D eigenvalue weighted by Crippen LogP contribution is 2.62. The lowest BCUT2D eigenvalue weighted by Crippen LogP contribution is -2.45. The lowest BCUT2D eigenvalue weighted by atomic mass is 9.69. The molecule has 2 aliphatic rings. The molecule has 0 N–H and O–H groups in total. The standard InChI is InChI=1S/C12H16O4/c1-6(13)16-8-5-7-9(14)10(15)12(8,4)11(7,2)3/h7-8H,5H2,1-4H3/t7-,8+,12+/m1/s1. The number of hydrogen-bond donors (Lipinski definition) is 0. The van der Waals surface area contributed by atoms with Gasteiger partial charge in [-0.05, 0) is 18.8 Å². The van der Waals surface area contributed by atoms with E-state index in [1.54, 1.807) is 6.92 Å². The third-order valence-corrected chi connectivity index (χ3v) is 4.62. The Labute approximate surface area is 94.3 Å². The summed E-state index contributed by atoms with van der Waals surface area (Å²) in [6, 6.07) is 0. The van der Waals surface area contributed by atoms with E-state index >= 15 is 0 Å². The topological polar surface area (TPSA) is 60.4 Å². The minimum Gasteiger partial charge on any atom is -0.461 e. The Hall–Kier alpha value is -1.19. The number of rotatable bonds is 1. The van der Waals surface area contributed by atoms with Crippen molar-refractivity contribution in [1.29, 1.82) is 0 Å². The van der Waals surface area contributed by atoms with Gasteiger partial charge in [0.2, 0.25) is 11.6 Å². The summed E-state index contributed by atoms with van der Waals surface area (Å²) in [7, 11) is 0. The van der Waals surface area contributed by atoms with E-state index in [0.717, 1.165) is 0 Å². The van der Waals surface area contributed by atoms with Crippen LogP contribution in [0.15, 0.2) is 0 Å². The SMILES string of the molecule is CC(=O)O[C@H]1C[C@@H]2C(=O)C(=O)[C@@]1(C)C2(C)C. The van der Waals surface area contributed by atoms with Gasteiger partial charge in [0, 0.05) is 12.8 Å². The van der Waals surface area contributed by atoms with Gasteiger partial charge in [0.15, 0.2) is 0 Å². The Bertz CT molecular complexity index is 396. The number of esters is 1. The number of Topliss-reactive ketones (excluding diaryl/α,β-unsaturated/α-hetero) is 2. The summed E-state index contributed by atoms with van der Waals surface area (Å²) >= 11 is 0. The highest BCUT2D eigenvalue weighted by Gasteiger charge is 2.72. The van der Waals surface area contributed by atoms with E-state index in [2.05, 4.69) is 0 Å². The first-order valence-corrected chi connectivity index (χ1v) is 5.48. The Morgan fingerprint density at radius 3 is 2.25 bits per heavy atom. The second-order valence-electron chi connectivity index (χ2n) is 5.50. The number of carbonyl (C=O) groups excluding carboxylic acids is 3. The molecule has 0 spiro atoms. The normalized spacial score (nSPS) is 40.2. The number of fused-ring (bicyclic) bond motifs is 2. The van der Waals surface area contributed by atoms with Crippen LogP contribution < -0.4 is 0 Å². The van der Waals surface area contributed by atoms with Gasteiger partial charge in [-0.1, -0.05) is 13.8 Å². The summed E-state index contributed by atoms with van der Waals surface area (Å²) in [5.74, 6) is -1.36. The Morgan fingerprint density at radius 2 is 1.88 bits per heavy atom. The highest BCUT2D eigenvalue weighted by molar-refractivity contribution is 6.43. The molecule has 0 aromatic rings. The molecule has 3 atom stereocenters. The van der Waals surface area contributed by atoms with Gasteiger partial charge in [-0.3, -0.25) is 14.4 Å². The molecule has 4 nitrogen and oxygen atoms in total. The monoisotopic (exact) mass is 224 g/mol. The fourth-order valence-corrected chi connectivity index (χ4v) is 3.18. The van der Waals surface area contributed by atoms with Crippen molar-refractivity contribution in [1.82, 2.24) is 0 Å². The van der Waals surface area contributed by atoms with Crippen LogP contribution in [0.2, 0.25) is 0 Å². The van der Waals surface area contributed by atoms with Crippen molar-refractivity contribution in [3.8, 4) is 0 Å². The molecule has 16 heavy (non-hydrogen) atoms. The van der Waals surface area contributed by atoms with E-state index in [-0.39, 0.29) is 17.5 Å². The predicted molar refractivity (Wildman–Crippen MR) is 55.6 cm³/mol. The van der Waals surface area contributed by atoms with Crippen molar-refractivity contribution >= 4 is 17.5 Å². The van der Waals surface area contributed by atoms with Crippen LogP contribution in [0.5, 0.6) is 0 Å². The van der Waals surface area contributed by atoms with Gasteiger partial charge in [0.25, 0.3) is 0 Å². The van der Waals surface area contributed by atoms with Crippen molar-refractivity contribution < 1.29 is 19.1 Å². The molecule has 0 radical (unpaired) electrons. The quantitative estimate of drug-likeness (QED) is 0.494. The van der Waals surface area contributed by atoms with Crippen molar-refractivity contribution in [3.63, 3.8) is 0 Å². The lowest BCUT2D eigenvalue weighted by Gasteiger charge is -2.35. The molecule has 0 aromatic heterocycles. The van der Waals surface area contributed by atoms with E-state index in [0.29, 0.717) is 6.42 Å². The fraction of sp³-hybridized carbons (Fsp3) is 0.750. The van der Waals surface area contributed by atoms with E-state index < -0.39 is 22.9 Å². The maximum atomic E-state index is 12.0. The minimum atomic E-state index is -0.847. The molecular weight excluding hydrogens is 208 g/mol. The van der Waals surface area contributed by atoms with Crippen LogP contribution in [-0.4, -0.2) is 23.6 Å². The molecule has 2 fully saturated rings. The van der Waals surface area contributed by atoms with E-state index in [9.17, 15) is 14.4 Å². The van der Waals surface area contributed by atoms with Crippen molar-refractivity contribution in [2.75, 3.05) is 0 Å². The van der Waals surface area contributed by atoms with Gasteiger partial charge in [-0.25, -0.2) is 0 Å². The van der Waals surface area contributed by atoms with Gasteiger partial charge in [-0.15, -0.1) is 0 Å². The summed E-state index contributed by atoms with van der Waals surface area (Å²) in [6.07, 6.45) is 0.0309. The molecular formula is C12H16O4. The average molecular weight is 224 g/mol. The summed E-state index contributed by atoms with van der Waals surface area (Å²) in [4.78, 5) is 34.7. The van der Waals surface area contributed by atoms with E-state index in [1.807, 2.05) is 13.8 Å². The van der Waals surface area contributed by atoms with Crippen LogP contribution in [0, 0.1) is 16.7 Å². The second kappa shape index (κ2) is 2.93. The number of ketones is 2. The minimum absolute atomic E-state index is 0.295. The summed E-state index contributed by atoms with van der Waals surface area (Å²) in [5, 5.41) is 0. The third kappa shape index (κ3) is 1.02. The molecule has 2 bridgehead atoms. The molecule has 4 heteroatoms. The maximum absolute atomic E-state index is 12.0. The van der Waals surface area contributed by atoms with Crippen molar-refractivity contribution in [2.45, 2.75) is 40.2 Å². The summed E-state index contributed by atoms with van der Waals surface area (Å²) in [5.41, 5.74) is -1.26. The molecule has 88 valence electrons. The van der Waals surface area contributed by atoms with E-state index in [4.69, 9.17) is 4.74 Å². The van der Waals surface area contributed by atoms with Crippen LogP contribution in [0.4, 0.5) is 0 Å². The van der Waals surface area contributed by atoms with Crippen LogP contribution in [0.1, 0.15) is 34.1 Å². The number of hydrogen-bond acceptors (Lipinski definition) is 4. The Balaban J connectivity index is 2.43. The molecule has 0 amide bonds. The third-order valence-electron chi connectivity index (χ3n) is 4.62. The van der Waals surface area contributed by atoms with Crippen LogP contribution in [-0.2, 0) is 19.1 Å². The van der Waals surface area contributed by atoms with Gasteiger partial charge in [0.05, 0.1) is 5.41 Å². The largest absolute Gasteiger partial charge is 0.461 e. The molecule has 2 saturated carbocycles. The van der Waals surface area contributed by atoms with Crippen molar-refractivity contribution in [2.24, 2.45) is 16.7 Å². The molecule has 0 unspecified atom stereocenters. The zero-order valence-electron chi connectivity index (χ0n) is 9.99. The second-order valence-corrected chi connectivity index (χ2v) is 5.50. The van der Waals surface area contributed by atoms with Gasteiger partial charge < -0.3 is 4.74 Å². The maximum Gasteiger partial charge on any atom is 0.302 e. The van der Waals surface area contributed by atoms with Crippen molar-refractivity contribution in [3.05, 3.63) is 0 Å². The van der Waals surface area contributed by atoms with Crippen LogP contribution in [0.3, 0.4) is 0 Å². The van der Waals surface area contributed by atoms with Gasteiger partial charge >= 0.3 is 5.97 Å². The van der Waals surface area contributed by atoms with Crippen LogP contribution in [0.25, 0.3) is 0 Å². The fourth-order valence-electron chi connectivity index (χ4n) is 3.18. The van der Waals surface area contributed by atoms with Crippen LogP contribution >= 0.6 is 0 Å². The first kappa shape index (κ1) is 11.3. The number of carbonyl (C=O) groups is 3. The predicted octanol–water partition coefficient (Wildman–Crippen LogP) is 1.12. The van der Waals surface area contributed by atoms with Gasteiger partial charge in [-0.2, -0.15) is 0 Å². The lowest BCUT2D eigenvalue weighted by molar-refractivity contribution is -0.160. The molecule has 2 rings (SSSR count). The molecule has 0 aliphatic heterocycles. The van der Waals surface area contributed by atoms with E-state index in [1.165, 1.54) is 6.92 Å². The first-order valence-electron chi connectivity index (χ1n) is 5.48. The Kier molecular flexibility index (Phi) is 2.07. The molecule has 0 aromatic carbocycles. The zero-order chi connectivity index (χ0) is 12.3. The first-order chi connectivity index (χ1) is 7.23. The zero-order valence-corrected chi connectivity index (χ0v) is 9.99. The highest BCUT2D eigenvalue weighted by atomic mass is 16.5. The molecule has 0 saturated heterocycles. The average Bonchev–Trinajstić information content (AvgIpc) is 2.41. The summed E-state index contributed by atoms with van der Waals surface area (Å²) in [6.45, 7) is 6.89. The molecule has 0 heterocycles. The smallest absolute Gasteiger partial charge is 0.302 e. The Morgan fingerprint density at radius 1 is 1.31 bits per heavy atom. The van der Waals surface area contributed by atoms with Gasteiger partial charge in [0.1, 0.15) is 6.10 Å². The summed E-state index contributed by atoms with van der Waals surface area (Å²) < 4.78 is 5.19. The number of ether oxygens (including phenoxy) is 1.